The summed E-state index contributed by atoms with van der Waals surface area (Å²) >= 11 is 1.29. The van der Waals surface area contributed by atoms with Crippen molar-refractivity contribution in [2.45, 2.75) is 18.3 Å². The van der Waals surface area contributed by atoms with Gasteiger partial charge in [-0.3, -0.25) is 19.3 Å². The van der Waals surface area contributed by atoms with Crippen molar-refractivity contribution < 1.29 is 34.1 Å². The summed E-state index contributed by atoms with van der Waals surface area (Å²) in [5, 5.41) is 20.8. The van der Waals surface area contributed by atoms with Crippen molar-refractivity contribution in [1.82, 2.24) is 10.2 Å². The number of aromatic hydroxyl groups is 1. The van der Waals surface area contributed by atoms with Crippen LogP contribution in [-0.2, 0) is 23.9 Å². The number of hydrogen-bond acceptors (Lipinski definition) is 7. The number of β-lactam (4-membered cyclic amide) rings is 1. The second kappa shape index (κ2) is 8.39. The number of phenolic OH excluding ortho intramolecular Hbond substituents is 1. The van der Waals surface area contributed by atoms with Crippen molar-refractivity contribution in [3.8, 4) is 5.75 Å². The number of esters is 1. The molecular formula is C19H18N2O7S. The number of carboxylic acids is 1. The summed E-state index contributed by atoms with van der Waals surface area (Å²) in [5.74, 6) is -2.50. The van der Waals surface area contributed by atoms with Crippen LogP contribution in [0.2, 0.25) is 0 Å². The minimum atomic E-state index is -1.29. The van der Waals surface area contributed by atoms with E-state index < -0.39 is 35.2 Å². The maximum atomic E-state index is 12.5. The summed E-state index contributed by atoms with van der Waals surface area (Å²) in [5.41, 5.74) is 0.821. The van der Waals surface area contributed by atoms with E-state index in [4.69, 9.17) is 4.74 Å². The molecule has 2 atom stereocenters. The van der Waals surface area contributed by atoms with Gasteiger partial charge in [0.2, 0.25) is 5.91 Å². The van der Waals surface area contributed by atoms with Crippen molar-refractivity contribution in [2.75, 3.05) is 12.4 Å². The molecule has 1 saturated heterocycles. The number of carboxylic acid groups (broad SMARTS) is 1. The topological polar surface area (TPSA) is 133 Å². The Bertz CT molecular complexity index is 923. The smallest absolute Gasteiger partial charge is 0.352 e. The first-order chi connectivity index (χ1) is 13.8. The zero-order valence-electron chi connectivity index (χ0n) is 15.3. The van der Waals surface area contributed by atoms with E-state index in [2.05, 4.69) is 5.32 Å². The first-order valence-corrected chi connectivity index (χ1v) is 9.63. The summed E-state index contributed by atoms with van der Waals surface area (Å²) in [6, 6.07) is 5.37. The first kappa shape index (κ1) is 20.5. The molecule has 0 radical (unpaired) electrons. The van der Waals surface area contributed by atoms with Crippen LogP contribution in [0, 0.1) is 0 Å². The first-order valence-electron chi connectivity index (χ1n) is 8.59. The number of amides is 2. The molecule has 2 aliphatic heterocycles. The number of carbonyl (C=O) groups is 4. The number of nitrogens with one attached hydrogen (secondary N) is 1. The Balaban J connectivity index is 1.67. The van der Waals surface area contributed by atoms with E-state index >= 15 is 0 Å². The van der Waals surface area contributed by atoms with E-state index in [0.29, 0.717) is 11.1 Å². The number of carbonyl (C=O) groups excluding carboxylic acids is 3. The van der Waals surface area contributed by atoms with Gasteiger partial charge in [-0.1, -0.05) is 12.1 Å². The van der Waals surface area contributed by atoms with E-state index in [1.54, 1.807) is 12.1 Å². The zero-order chi connectivity index (χ0) is 21.1. The lowest BCUT2D eigenvalue weighted by Crippen LogP contribution is -2.70. The van der Waals surface area contributed by atoms with Crippen LogP contribution < -0.4 is 5.32 Å². The van der Waals surface area contributed by atoms with Crippen LogP contribution >= 0.6 is 11.8 Å². The molecule has 10 heteroatoms. The number of hydrogen-bond donors (Lipinski definition) is 3. The number of ether oxygens (including phenoxy) is 1. The normalized spacial score (nSPS) is 20.9. The lowest BCUT2D eigenvalue weighted by Gasteiger charge is -2.49. The molecule has 0 unspecified atom stereocenters. The highest BCUT2D eigenvalue weighted by Crippen LogP contribution is 2.40. The van der Waals surface area contributed by atoms with Crippen LogP contribution in [-0.4, -0.2) is 62.6 Å². The van der Waals surface area contributed by atoms with Crippen molar-refractivity contribution in [1.29, 1.82) is 0 Å². The molecule has 0 aromatic heterocycles. The quantitative estimate of drug-likeness (QED) is 0.349. The van der Waals surface area contributed by atoms with Gasteiger partial charge in [-0.25, -0.2) is 4.79 Å². The number of benzene rings is 1. The van der Waals surface area contributed by atoms with Crippen LogP contribution in [0.25, 0.3) is 6.08 Å². The van der Waals surface area contributed by atoms with Crippen molar-refractivity contribution in [3.63, 3.8) is 0 Å². The molecule has 0 saturated carbocycles. The Hall–Kier alpha value is -3.27. The zero-order valence-corrected chi connectivity index (χ0v) is 16.1. The molecule has 2 heterocycles. The third-order valence-corrected chi connectivity index (χ3v) is 5.66. The Morgan fingerprint density at radius 2 is 2.00 bits per heavy atom. The van der Waals surface area contributed by atoms with Gasteiger partial charge in [0.15, 0.2) is 0 Å². The van der Waals surface area contributed by atoms with Gasteiger partial charge in [0, 0.05) is 24.3 Å². The molecule has 1 aromatic carbocycles. The molecule has 2 amide bonds. The molecule has 0 spiro atoms. The van der Waals surface area contributed by atoms with Gasteiger partial charge in [-0.2, -0.15) is 0 Å². The number of aliphatic carboxylic acids is 1. The number of rotatable bonds is 6. The third kappa shape index (κ3) is 4.43. The lowest BCUT2D eigenvalue weighted by molar-refractivity contribution is -0.150. The van der Waals surface area contributed by atoms with Crippen molar-refractivity contribution in [3.05, 3.63) is 47.2 Å². The fourth-order valence-corrected chi connectivity index (χ4v) is 4.27. The van der Waals surface area contributed by atoms with Gasteiger partial charge in [0.1, 0.15) is 29.5 Å². The molecule has 9 nitrogen and oxygen atoms in total. The van der Waals surface area contributed by atoms with E-state index in [0.717, 1.165) is 4.90 Å². The number of fused-ring (bicyclic) bond motifs is 1. The molecule has 152 valence electrons. The Labute approximate surface area is 170 Å². The maximum absolute atomic E-state index is 12.5. The highest BCUT2D eigenvalue weighted by molar-refractivity contribution is 8.00. The Morgan fingerprint density at radius 1 is 1.31 bits per heavy atom. The second-order valence-electron chi connectivity index (χ2n) is 6.36. The van der Waals surface area contributed by atoms with E-state index in [9.17, 15) is 29.4 Å². The number of nitrogens with zero attached hydrogens (tertiary/aromatic N) is 1. The van der Waals surface area contributed by atoms with Crippen LogP contribution in [0.15, 0.2) is 41.6 Å². The summed E-state index contributed by atoms with van der Waals surface area (Å²) in [6.45, 7) is 1.01. The molecule has 0 aliphatic carbocycles. The lowest BCUT2D eigenvalue weighted by atomic mass is 10.0. The molecule has 1 aromatic rings. The predicted molar refractivity (Wildman–Crippen MR) is 103 cm³/mol. The Morgan fingerprint density at radius 3 is 2.62 bits per heavy atom. The third-order valence-electron chi connectivity index (χ3n) is 4.32. The van der Waals surface area contributed by atoms with Gasteiger partial charge in [-0.15, -0.1) is 11.8 Å². The van der Waals surface area contributed by atoms with Gasteiger partial charge < -0.3 is 20.3 Å². The van der Waals surface area contributed by atoms with E-state index in [-0.39, 0.29) is 23.8 Å². The fraction of sp³-hybridized carbons (Fsp3) is 0.263. The molecular weight excluding hydrogens is 400 g/mol. The average molecular weight is 418 g/mol. The highest BCUT2D eigenvalue weighted by Gasteiger charge is 2.54. The van der Waals surface area contributed by atoms with Crippen molar-refractivity contribution >= 4 is 41.6 Å². The second-order valence-corrected chi connectivity index (χ2v) is 7.46. The van der Waals surface area contributed by atoms with Gasteiger partial charge in [-0.05, 0) is 23.8 Å². The largest absolute Gasteiger partial charge is 0.508 e. The molecule has 3 rings (SSSR count). The van der Waals surface area contributed by atoms with Gasteiger partial charge in [0.05, 0.1) is 0 Å². The molecule has 29 heavy (non-hydrogen) atoms. The monoisotopic (exact) mass is 418 g/mol. The number of thioether (sulfide) groups is 1. The van der Waals surface area contributed by atoms with Gasteiger partial charge >= 0.3 is 11.9 Å². The van der Waals surface area contributed by atoms with Crippen LogP contribution in [0.3, 0.4) is 0 Å². The average Bonchev–Trinajstić information content (AvgIpc) is 2.69. The van der Waals surface area contributed by atoms with E-state index in [1.807, 2.05) is 0 Å². The summed E-state index contributed by atoms with van der Waals surface area (Å²) in [7, 11) is 0. The van der Waals surface area contributed by atoms with Gasteiger partial charge in [0.25, 0.3) is 5.91 Å². The minimum absolute atomic E-state index is 0.108. The SMILES string of the molecule is CC(=O)OCC1=C(C(=O)O)N2C(=O)[C@@H](NC(=O)/C=C/c3ccc(O)cc3)[C@H]2SC1. The molecule has 3 N–H and O–H groups in total. The summed E-state index contributed by atoms with van der Waals surface area (Å²) in [4.78, 5) is 48.4. The fourth-order valence-electron chi connectivity index (χ4n) is 2.94. The standard InChI is InChI=1S/C19H18N2O7S/c1-10(22)28-8-12-9-29-18-15(17(25)21(18)16(12)19(26)27)20-14(24)7-4-11-2-5-13(23)6-3-11/h2-7,15,18,23H,8-9H2,1H3,(H,20,24)(H,26,27)/b7-4+/t15-,18-/m1/s1. The molecule has 0 bridgehead atoms. The van der Waals surface area contributed by atoms with Crippen LogP contribution in [0.5, 0.6) is 5.75 Å². The summed E-state index contributed by atoms with van der Waals surface area (Å²) < 4.78 is 4.87. The highest BCUT2D eigenvalue weighted by atomic mass is 32.2. The summed E-state index contributed by atoms with van der Waals surface area (Å²) in [6.07, 6.45) is 2.79. The maximum Gasteiger partial charge on any atom is 0.352 e. The predicted octanol–water partition coefficient (Wildman–Crippen LogP) is 0.707. The molecule has 1 fully saturated rings. The van der Waals surface area contributed by atoms with E-state index in [1.165, 1.54) is 43.0 Å². The number of phenols is 1. The molecule has 2 aliphatic rings. The van der Waals surface area contributed by atoms with Crippen LogP contribution in [0.1, 0.15) is 12.5 Å². The minimum Gasteiger partial charge on any atom is -0.508 e. The Kier molecular flexibility index (Phi) is 5.92. The van der Waals surface area contributed by atoms with Crippen LogP contribution in [0.4, 0.5) is 0 Å². The van der Waals surface area contributed by atoms with Crippen molar-refractivity contribution in [2.24, 2.45) is 0 Å².